The highest BCUT2D eigenvalue weighted by molar-refractivity contribution is 6.35. The van der Waals surface area contributed by atoms with Gasteiger partial charge in [0.05, 0.1) is 0 Å². The van der Waals surface area contributed by atoms with Crippen molar-refractivity contribution in [3.05, 3.63) is 76.3 Å². The number of benzene rings is 1. The minimum atomic E-state index is 0.739. The normalized spacial score (nSPS) is 16.0. The van der Waals surface area contributed by atoms with E-state index in [4.69, 9.17) is 23.2 Å². The lowest BCUT2D eigenvalue weighted by molar-refractivity contribution is 0.400. The van der Waals surface area contributed by atoms with Crippen LogP contribution in [0.2, 0.25) is 0 Å². The van der Waals surface area contributed by atoms with Gasteiger partial charge >= 0.3 is 0 Å². The number of halogens is 2. The average molecular weight is 417 g/mol. The number of rotatable bonds is 11. The number of unbranched alkanes of at least 4 members (excludes halogenated alkanes) is 1. The van der Waals surface area contributed by atoms with Crippen LogP contribution >= 0.6 is 23.2 Å². The largest absolute Gasteiger partial charge is 0.0992 e. The van der Waals surface area contributed by atoms with E-state index in [0.29, 0.717) is 0 Å². The average Bonchev–Trinajstić information content (AvgIpc) is 2.81. The van der Waals surface area contributed by atoms with Crippen molar-refractivity contribution in [1.29, 1.82) is 0 Å². The molecule has 0 N–H and O–H groups in total. The molecule has 0 saturated heterocycles. The zero-order valence-electron chi connectivity index (χ0n) is 17.3. The van der Waals surface area contributed by atoms with Gasteiger partial charge in [0, 0.05) is 16.5 Å². The molecule has 1 aromatic rings. The summed E-state index contributed by atoms with van der Waals surface area (Å²) in [5.74, 6) is 0.739. The number of hydrogen-bond donors (Lipinski definition) is 0. The van der Waals surface area contributed by atoms with Crippen molar-refractivity contribution >= 4 is 28.8 Å². The maximum Gasteiger partial charge on any atom is 0.0413 e. The zero-order chi connectivity index (χ0) is 20.4. The lowest BCUT2D eigenvalue weighted by Gasteiger charge is -2.18. The summed E-state index contributed by atoms with van der Waals surface area (Å²) in [6.45, 7) is 10.6. The molecule has 0 amide bonds. The molecule has 0 radical (unpaired) electrons. The van der Waals surface area contributed by atoms with E-state index in [-0.39, 0.29) is 0 Å². The van der Waals surface area contributed by atoms with Gasteiger partial charge in [0.15, 0.2) is 0 Å². The minimum Gasteiger partial charge on any atom is -0.0992 e. The van der Waals surface area contributed by atoms with Gasteiger partial charge in [-0.25, -0.2) is 0 Å². The SMILES string of the molecule is C=C1CC=C(Cl)C(CCC(CCC)CCCCC(=C)c2ccccc2)=C(Cl)C1. The molecule has 28 heavy (non-hydrogen) atoms. The van der Waals surface area contributed by atoms with E-state index in [1.165, 1.54) is 43.2 Å². The molecule has 0 heterocycles. The molecule has 0 nitrogen and oxygen atoms in total. The van der Waals surface area contributed by atoms with Crippen molar-refractivity contribution in [1.82, 2.24) is 0 Å². The van der Waals surface area contributed by atoms with Crippen LogP contribution in [-0.2, 0) is 0 Å². The molecule has 2 rings (SSSR count). The first-order valence-corrected chi connectivity index (χ1v) is 11.4. The Hall–Kier alpha value is -1.24. The predicted octanol–water partition coefficient (Wildman–Crippen LogP) is 9.42. The molecule has 0 aliphatic heterocycles. The van der Waals surface area contributed by atoms with Crippen LogP contribution in [0.3, 0.4) is 0 Å². The number of hydrogen-bond acceptors (Lipinski definition) is 0. The van der Waals surface area contributed by atoms with E-state index in [1.54, 1.807) is 0 Å². The van der Waals surface area contributed by atoms with Gasteiger partial charge in [-0.15, -0.1) is 0 Å². The first-order chi connectivity index (χ1) is 13.5. The summed E-state index contributed by atoms with van der Waals surface area (Å²) in [6.07, 6.45) is 13.1. The molecule has 0 bridgehead atoms. The maximum absolute atomic E-state index is 6.54. The Bertz CT molecular complexity index is 709. The summed E-state index contributed by atoms with van der Waals surface area (Å²) in [5, 5.41) is 1.72. The van der Waals surface area contributed by atoms with E-state index < -0.39 is 0 Å². The Kier molecular flexibility index (Phi) is 10.2. The lowest BCUT2D eigenvalue weighted by atomic mass is 9.89. The summed E-state index contributed by atoms with van der Waals surface area (Å²) >= 11 is 13.0. The van der Waals surface area contributed by atoms with Crippen molar-refractivity contribution in [2.24, 2.45) is 5.92 Å². The fourth-order valence-electron chi connectivity index (χ4n) is 3.92. The molecule has 2 heteroatoms. The van der Waals surface area contributed by atoms with Gasteiger partial charge in [0.1, 0.15) is 0 Å². The Balaban J connectivity index is 1.80. The zero-order valence-corrected chi connectivity index (χ0v) is 18.8. The second kappa shape index (κ2) is 12.3. The third kappa shape index (κ3) is 7.64. The fraction of sp³-hybridized carbons (Fsp3) is 0.462. The summed E-state index contributed by atoms with van der Waals surface area (Å²) < 4.78 is 0. The van der Waals surface area contributed by atoms with Crippen LogP contribution in [0, 0.1) is 5.92 Å². The van der Waals surface area contributed by atoms with Gasteiger partial charge in [0.25, 0.3) is 0 Å². The van der Waals surface area contributed by atoms with Gasteiger partial charge in [-0.1, -0.05) is 111 Å². The predicted molar refractivity (Wildman–Crippen MR) is 127 cm³/mol. The molecule has 152 valence electrons. The number of allylic oxidation sites excluding steroid dienone is 6. The maximum atomic E-state index is 6.54. The van der Waals surface area contributed by atoms with Gasteiger partial charge in [-0.05, 0) is 54.7 Å². The van der Waals surface area contributed by atoms with Crippen LogP contribution in [0.15, 0.2) is 70.8 Å². The Morgan fingerprint density at radius 3 is 2.54 bits per heavy atom. The van der Waals surface area contributed by atoms with Crippen LogP contribution in [0.4, 0.5) is 0 Å². The molecular weight excluding hydrogens is 383 g/mol. The summed E-state index contributed by atoms with van der Waals surface area (Å²) in [6, 6.07) is 10.5. The standard InChI is InChI=1S/C26H34Cl2/c1-4-10-22(12-9-8-11-21(3)23-13-6-5-7-14-23)16-17-24-25(27)18-15-20(2)19-26(24)28/h5-7,13-14,18,22H,2-4,8-12,15-17,19H2,1H3. The minimum absolute atomic E-state index is 0.739. The first-order valence-electron chi connectivity index (χ1n) is 10.6. The van der Waals surface area contributed by atoms with Crippen LogP contribution in [-0.4, -0.2) is 0 Å². The topological polar surface area (TPSA) is 0 Å². The highest BCUT2D eigenvalue weighted by atomic mass is 35.5. The van der Waals surface area contributed by atoms with Gasteiger partial charge in [0.2, 0.25) is 0 Å². The Morgan fingerprint density at radius 1 is 1.07 bits per heavy atom. The molecule has 1 aliphatic carbocycles. The molecule has 0 fully saturated rings. The monoisotopic (exact) mass is 416 g/mol. The molecule has 1 unspecified atom stereocenters. The summed E-state index contributed by atoms with van der Waals surface area (Å²) in [5.41, 5.74) is 4.80. The second-order valence-electron chi connectivity index (χ2n) is 7.98. The van der Waals surface area contributed by atoms with Gasteiger partial charge < -0.3 is 0 Å². The molecule has 1 atom stereocenters. The highest BCUT2D eigenvalue weighted by Crippen LogP contribution is 2.36. The summed E-state index contributed by atoms with van der Waals surface area (Å²) in [4.78, 5) is 0. The van der Waals surface area contributed by atoms with Crippen molar-refractivity contribution in [3.63, 3.8) is 0 Å². The smallest absolute Gasteiger partial charge is 0.0413 e. The molecule has 1 aromatic carbocycles. The van der Waals surface area contributed by atoms with Crippen LogP contribution in [0.25, 0.3) is 5.57 Å². The molecule has 0 aromatic heterocycles. The van der Waals surface area contributed by atoms with Crippen LogP contribution in [0.5, 0.6) is 0 Å². The van der Waals surface area contributed by atoms with Crippen molar-refractivity contribution in [3.8, 4) is 0 Å². The Morgan fingerprint density at radius 2 is 1.82 bits per heavy atom. The van der Waals surface area contributed by atoms with Crippen LogP contribution < -0.4 is 0 Å². The lowest BCUT2D eigenvalue weighted by Crippen LogP contribution is -2.02. The van der Waals surface area contributed by atoms with E-state index in [2.05, 4.69) is 56.5 Å². The van der Waals surface area contributed by atoms with Crippen molar-refractivity contribution in [2.75, 3.05) is 0 Å². The van der Waals surface area contributed by atoms with E-state index in [1.807, 2.05) is 0 Å². The van der Waals surface area contributed by atoms with Gasteiger partial charge in [-0.3, -0.25) is 0 Å². The van der Waals surface area contributed by atoms with E-state index in [9.17, 15) is 0 Å². The molecule has 0 spiro atoms. The molecular formula is C26H34Cl2. The van der Waals surface area contributed by atoms with Gasteiger partial charge in [-0.2, -0.15) is 0 Å². The fourth-order valence-corrected chi connectivity index (χ4v) is 4.64. The quantitative estimate of drug-likeness (QED) is 0.248. The van der Waals surface area contributed by atoms with Crippen molar-refractivity contribution in [2.45, 2.75) is 71.1 Å². The molecule has 1 aliphatic rings. The van der Waals surface area contributed by atoms with E-state index in [0.717, 1.165) is 59.2 Å². The highest BCUT2D eigenvalue weighted by Gasteiger charge is 2.16. The summed E-state index contributed by atoms with van der Waals surface area (Å²) in [7, 11) is 0. The van der Waals surface area contributed by atoms with Crippen LogP contribution in [0.1, 0.15) is 76.7 Å². The third-order valence-electron chi connectivity index (χ3n) is 5.61. The molecule has 0 saturated carbocycles. The third-order valence-corrected chi connectivity index (χ3v) is 6.36. The second-order valence-corrected chi connectivity index (χ2v) is 8.84. The Labute approximate surface area is 182 Å². The first kappa shape index (κ1) is 23.0. The van der Waals surface area contributed by atoms with Crippen molar-refractivity contribution < 1.29 is 0 Å². The van der Waals surface area contributed by atoms with E-state index >= 15 is 0 Å².